The predicted octanol–water partition coefficient (Wildman–Crippen LogP) is 1.84. The van der Waals surface area contributed by atoms with Gasteiger partial charge in [-0.3, -0.25) is 4.79 Å². The largest absolute Gasteiger partial charge is 0.493 e. The Morgan fingerprint density at radius 2 is 2.24 bits per heavy atom. The molecule has 1 saturated heterocycles. The molecule has 3 aliphatic rings. The van der Waals surface area contributed by atoms with Crippen LogP contribution >= 0.6 is 0 Å². The minimum Gasteiger partial charge on any atom is -0.493 e. The second kappa shape index (κ2) is 5.34. The van der Waals surface area contributed by atoms with Crippen molar-refractivity contribution in [3.05, 3.63) is 29.3 Å². The lowest BCUT2D eigenvalue weighted by molar-refractivity contribution is 0.0947. The fourth-order valence-electron chi connectivity index (χ4n) is 3.47. The van der Waals surface area contributed by atoms with Crippen molar-refractivity contribution >= 4 is 5.91 Å². The van der Waals surface area contributed by atoms with Gasteiger partial charge in [0.2, 0.25) is 0 Å². The number of nitrogens with zero attached hydrogens (tertiary/aromatic N) is 1. The van der Waals surface area contributed by atoms with Gasteiger partial charge in [0.05, 0.1) is 6.61 Å². The first-order chi connectivity index (χ1) is 10.3. The average Bonchev–Trinajstić information content (AvgIpc) is 3.07. The van der Waals surface area contributed by atoms with Gasteiger partial charge in [-0.1, -0.05) is 0 Å². The third-order valence-electron chi connectivity index (χ3n) is 4.88. The lowest BCUT2D eigenvalue weighted by atomic mass is 10.1. The maximum Gasteiger partial charge on any atom is 0.251 e. The molecule has 1 aromatic rings. The van der Waals surface area contributed by atoms with E-state index >= 15 is 0 Å². The van der Waals surface area contributed by atoms with Crippen LogP contribution in [-0.2, 0) is 6.42 Å². The van der Waals surface area contributed by atoms with Gasteiger partial charge in [-0.15, -0.1) is 0 Å². The number of nitrogens with one attached hydrogen (secondary N) is 1. The molecule has 0 bridgehead atoms. The molecule has 2 fully saturated rings. The van der Waals surface area contributed by atoms with Crippen molar-refractivity contribution in [3.63, 3.8) is 0 Å². The summed E-state index contributed by atoms with van der Waals surface area (Å²) < 4.78 is 5.48. The van der Waals surface area contributed by atoms with Gasteiger partial charge >= 0.3 is 0 Å². The van der Waals surface area contributed by atoms with Crippen LogP contribution in [0.4, 0.5) is 0 Å². The molecule has 1 amide bonds. The Balaban J connectivity index is 1.31. The Morgan fingerprint density at radius 1 is 1.33 bits per heavy atom. The summed E-state index contributed by atoms with van der Waals surface area (Å²) in [5.41, 5.74) is 1.92. The number of benzene rings is 1. The van der Waals surface area contributed by atoms with Gasteiger partial charge in [-0.2, -0.15) is 0 Å². The number of carbonyl (C=O) groups is 1. The van der Waals surface area contributed by atoms with Crippen LogP contribution < -0.4 is 10.1 Å². The maximum absolute atomic E-state index is 12.3. The van der Waals surface area contributed by atoms with E-state index in [9.17, 15) is 4.79 Å². The van der Waals surface area contributed by atoms with Crippen LogP contribution in [0.5, 0.6) is 5.75 Å². The number of likely N-dealkylation sites (tertiary alicyclic amines) is 1. The molecule has 1 N–H and O–H groups in total. The molecule has 2 heterocycles. The van der Waals surface area contributed by atoms with Gasteiger partial charge in [-0.05, 0) is 55.5 Å². The van der Waals surface area contributed by atoms with Gasteiger partial charge < -0.3 is 15.0 Å². The Kier molecular flexibility index (Phi) is 3.34. The van der Waals surface area contributed by atoms with Crippen molar-refractivity contribution < 1.29 is 9.53 Å². The molecule has 4 nitrogen and oxygen atoms in total. The standard InChI is InChI=1S/C17H22N2O2/c20-17(14-1-4-16-13(9-14)6-8-21-16)18-10-12-5-7-19(11-12)15-2-3-15/h1,4,9,12,15H,2-3,5-8,10-11H2,(H,18,20). The lowest BCUT2D eigenvalue weighted by Gasteiger charge is -2.15. The third-order valence-corrected chi connectivity index (χ3v) is 4.88. The Labute approximate surface area is 125 Å². The zero-order valence-corrected chi connectivity index (χ0v) is 12.3. The highest BCUT2D eigenvalue weighted by Gasteiger charge is 2.34. The Morgan fingerprint density at radius 3 is 3.10 bits per heavy atom. The van der Waals surface area contributed by atoms with E-state index in [4.69, 9.17) is 4.74 Å². The van der Waals surface area contributed by atoms with Crippen LogP contribution in [0.2, 0.25) is 0 Å². The van der Waals surface area contributed by atoms with Gasteiger partial charge in [0.15, 0.2) is 0 Å². The number of fused-ring (bicyclic) bond motifs is 1. The smallest absolute Gasteiger partial charge is 0.251 e. The molecular weight excluding hydrogens is 264 g/mol. The van der Waals surface area contributed by atoms with Crippen molar-refractivity contribution in [1.29, 1.82) is 0 Å². The summed E-state index contributed by atoms with van der Waals surface area (Å²) in [7, 11) is 0. The minimum absolute atomic E-state index is 0.0505. The van der Waals surface area contributed by atoms with Crippen LogP contribution in [-0.4, -0.2) is 43.1 Å². The van der Waals surface area contributed by atoms with Crippen molar-refractivity contribution in [2.45, 2.75) is 31.7 Å². The summed E-state index contributed by atoms with van der Waals surface area (Å²) in [6.07, 6.45) is 4.87. The molecule has 112 valence electrons. The Bertz CT molecular complexity index is 554. The average molecular weight is 286 g/mol. The molecule has 21 heavy (non-hydrogen) atoms. The first-order valence-electron chi connectivity index (χ1n) is 8.07. The molecule has 1 aromatic carbocycles. The van der Waals surface area contributed by atoms with Crippen molar-refractivity contribution in [1.82, 2.24) is 10.2 Å². The molecule has 0 aromatic heterocycles. The Hall–Kier alpha value is -1.55. The van der Waals surface area contributed by atoms with Crippen molar-refractivity contribution in [2.24, 2.45) is 5.92 Å². The molecule has 1 unspecified atom stereocenters. The van der Waals surface area contributed by atoms with E-state index in [-0.39, 0.29) is 5.91 Å². The van der Waals surface area contributed by atoms with E-state index < -0.39 is 0 Å². The van der Waals surface area contributed by atoms with Gasteiger partial charge in [0.1, 0.15) is 5.75 Å². The van der Waals surface area contributed by atoms with E-state index in [0.29, 0.717) is 5.92 Å². The highest BCUT2D eigenvalue weighted by molar-refractivity contribution is 5.94. The summed E-state index contributed by atoms with van der Waals surface area (Å²) in [6.45, 7) is 3.90. The third kappa shape index (κ3) is 2.77. The zero-order valence-electron chi connectivity index (χ0n) is 12.3. The van der Waals surface area contributed by atoms with E-state index in [1.165, 1.54) is 25.8 Å². The maximum atomic E-state index is 12.3. The van der Waals surface area contributed by atoms with E-state index in [2.05, 4.69) is 10.2 Å². The molecule has 4 rings (SSSR count). The molecule has 4 heteroatoms. The van der Waals surface area contributed by atoms with Crippen LogP contribution in [0.3, 0.4) is 0 Å². The number of carbonyl (C=O) groups excluding carboxylic acids is 1. The van der Waals surface area contributed by atoms with Crippen LogP contribution in [0, 0.1) is 5.92 Å². The SMILES string of the molecule is O=C(NCC1CCN(C2CC2)C1)c1ccc2c(c1)CCO2. The molecular formula is C17H22N2O2. The number of hydrogen-bond donors (Lipinski definition) is 1. The number of rotatable bonds is 4. The predicted molar refractivity (Wildman–Crippen MR) is 80.7 cm³/mol. The molecule has 1 aliphatic carbocycles. The van der Waals surface area contributed by atoms with Crippen molar-refractivity contribution in [2.75, 3.05) is 26.2 Å². The second-order valence-corrected chi connectivity index (χ2v) is 6.51. The fourth-order valence-corrected chi connectivity index (χ4v) is 3.47. The number of ether oxygens (including phenoxy) is 1. The monoisotopic (exact) mass is 286 g/mol. The summed E-state index contributed by atoms with van der Waals surface area (Å²) in [5, 5.41) is 3.11. The highest BCUT2D eigenvalue weighted by atomic mass is 16.5. The van der Waals surface area contributed by atoms with E-state index in [1.54, 1.807) is 0 Å². The number of hydrogen-bond acceptors (Lipinski definition) is 3. The molecule has 1 saturated carbocycles. The normalized spacial score (nSPS) is 24.7. The van der Waals surface area contributed by atoms with Gasteiger partial charge in [-0.25, -0.2) is 0 Å². The van der Waals surface area contributed by atoms with Crippen LogP contribution in [0.1, 0.15) is 35.2 Å². The van der Waals surface area contributed by atoms with Crippen LogP contribution in [0.15, 0.2) is 18.2 Å². The summed E-state index contributed by atoms with van der Waals surface area (Å²) >= 11 is 0. The minimum atomic E-state index is 0.0505. The molecule has 2 aliphatic heterocycles. The first-order valence-corrected chi connectivity index (χ1v) is 8.07. The summed E-state index contributed by atoms with van der Waals surface area (Å²) in [5.74, 6) is 1.60. The van der Waals surface area contributed by atoms with Gasteiger partial charge in [0, 0.05) is 31.1 Å². The summed E-state index contributed by atoms with van der Waals surface area (Å²) in [6, 6.07) is 6.61. The van der Waals surface area contributed by atoms with E-state index in [0.717, 1.165) is 49.0 Å². The van der Waals surface area contributed by atoms with E-state index in [1.807, 2.05) is 18.2 Å². The number of amides is 1. The zero-order chi connectivity index (χ0) is 14.2. The lowest BCUT2D eigenvalue weighted by Crippen LogP contribution is -2.31. The summed E-state index contributed by atoms with van der Waals surface area (Å²) in [4.78, 5) is 14.9. The molecule has 1 atom stereocenters. The van der Waals surface area contributed by atoms with Gasteiger partial charge in [0.25, 0.3) is 5.91 Å². The first kappa shape index (κ1) is 13.1. The topological polar surface area (TPSA) is 41.6 Å². The quantitative estimate of drug-likeness (QED) is 0.918. The van der Waals surface area contributed by atoms with Crippen LogP contribution in [0.25, 0.3) is 0 Å². The second-order valence-electron chi connectivity index (χ2n) is 6.51. The fraction of sp³-hybridized carbons (Fsp3) is 0.588. The van der Waals surface area contributed by atoms with Crippen molar-refractivity contribution in [3.8, 4) is 5.75 Å². The molecule has 0 spiro atoms. The molecule has 0 radical (unpaired) electrons. The highest BCUT2D eigenvalue weighted by Crippen LogP contribution is 2.31.